The standard InChI is InChI=1S/C25H34N2O/c1-3-26-17-14-22(20-26)21-10-12-24(13-11-21)27-18-15-25(16-19-27,28-4-2)23-8-6-5-7-9-23/h5-13,22H,3-4,14-20H2,1-2H3. The van der Waals surface area contributed by atoms with E-state index in [9.17, 15) is 0 Å². The lowest BCUT2D eigenvalue weighted by atomic mass is 9.84. The number of ether oxygens (including phenoxy) is 1. The molecule has 2 saturated heterocycles. The summed E-state index contributed by atoms with van der Waals surface area (Å²) in [5.74, 6) is 0.707. The van der Waals surface area contributed by atoms with Crippen molar-refractivity contribution in [2.45, 2.75) is 44.6 Å². The highest BCUT2D eigenvalue weighted by Gasteiger charge is 2.37. The van der Waals surface area contributed by atoms with Gasteiger partial charge in [-0.2, -0.15) is 0 Å². The molecule has 2 aliphatic rings. The molecule has 0 bridgehead atoms. The van der Waals surface area contributed by atoms with Crippen LogP contribution in [-0.4, -0.2) is 44.2 Å². The van der Waals surface area contributed by atoms with Gasteiger partial charge in [-0.3, -0.25) is 0 Å². The molecule has 2 aromatic carbocycles. The van der Waals surface area contributed by atoms with Gasteiger partial charge in [0.15, 0.2) is 0 Å². The van der Waals surface area contributed by atoms with Gasteiger partial charge in [-0.05, 0) is 68.5 Å². The zero-order valence-electron chi connectivity index (χ0n) is 17.4. The molecule has 1 atom stereocenters. The van der Waals surface area contributed by atoms with Gasteiger partial charge >= 0.3 is 0 Å². The second kappa shape index (κ2) is 8.67. The van der Waals surface area contributed by atoms with Crippen LogP contribution >= 0.6 is 0 Å². The molecule has 1 unspecified atom stereocenters. The van der Waals surface area contributed by atoms with Gasteiger partial charge in [0, 0.05) is 31.9 Å². The van der Waals surface area contributed by atoms with Crippen LogP contribution in [0.1, 0.15) is 50.2 Å². The molecular formula is C25H34N2O. The Morgan fingerprint density at radius 3 is 2.25 bits per heavy atom. The first-order valence-corrected chi connectivity index (χ1v) is 11.0. The third kappa shape index (κ3) is 3.97. The first-order valence-electron chi connectivity index (χ1n) is 11.0. The van der Waals surface area contributed by atoms with E-state index in [1.807, 2.05) is 0 Å². The van der Waals surface area contributed by atoms with Crippen molar-refractivity contribution in [3.05, 3.63) is 65.7 Å². The van der Waals surface area contributed by atoms with E-state index >= 15 is 0 Å². The molecule has 3 heteroatoms. The van der Waals surface area contributed by atoms with Crippen molar-refractivity contribution in [1.82, 2.24) is 4.90 Å². The highest BCUT2D eigenvalue weighted by molar-refractivity contribution is 5.49. The fourth-order valence-electron chi connectivity index (χ4n) is 5.01. The summed E-state index contributed by atoms with van der Waals surface area (Å²) in [5.41, 5.74) is 4.06. The summed E-state index contributed by atoms with van der Waals surface area (Å²) in [6, 6.07) is 20.2. The van der Waals surface area contributed by atoms with Crippen molar-refractivity contribution >= 4 is 5.69 Å². The summed E-state index contributed by atoms with van der Waals surface area (Å²) in [7, 11) is 0. The van der Waals surface area contributed by atoms with Crippen LogP contribution in [0.5, 0.6) is 0 Å². The van der Waals surface area contributed by atoms with E-state index in [1.54, 1.807) is 0 Å². The molecular weight excluding hydrogens is 344 g/mol. The number of hydrogen-bond acceptors (Lipinski definition) is 3. The van der Waals surface area contributed by atoms with Crippen molar-refractivity contribution in [1.29, 1.82) is 0 Å². The maximum absolute atomic E-state index is 6.32. The summed E-state index contributed by atoms with van der Waals surface area (Å²) >= 11 is 0. The molecule has 0 amide bonds. The van der Waals surface area contributed by atoms with Gasteiger partial charge in [-0.15, -0.1) is 0 Å². The lowest BCUT2D eigenvalue weighted by molar-refractivity contribution is -0.0617. The second-order valence-electron chi connectivity index (χ2n) is 8.25. The van der Waals surface area contributed by atoms with Gasteiger partial charge in [0.25, 0.3) is 0 Å². The third-order valence-corrected chi connectivity index (χ3v) is 6.74. The molecule has 0 saturated carbocycles. The molecule has 0 aromatic heterocycles. The lowest BCUT2D eigenvalue weighted by Gasteiger charge is -2.43. The third-order valence-electron chi connectivity index (χ3n) is 6.74. The van der Waals surface area contributed by atoms with Crippen LogP contribution in [0, 0.1) is 0 Å². The Balaban J connectivity index is 1.42. The van der Waals surface area contributed by atoms with E-state index in [0.29, 0.717) is 5.92 Å². The largest absolute Gasteiger partial charge is 0.371 e. The van der Waals surface area contributed by atoms with Gasteiger partial charge in [0.2, 0.25) is 0 Å². The van der Waals surface area contributed by atoms with E-state index in [-0.39, 0.29) is 5.60 Å². The average Bonchev–Trinajstić information content (AvgIpc) is 3.25. The minimum Gasteiger partial charge on any atom is -0.371 e. The molecule has 4 rings (SSSR count). The Kier molecular flexibility index (Phi) is 6.03. The lowest BCUT2D eigenvalue weighted by Crippen LogP contribution is -2.44. The van der Waals surface area contributed by atoms with E-state index in [0.717, 1.165) is 32.5 Å². The summed E-state index contributed by atoms with van der Waals surface area (Å²) in [6.45, 7) is 10.9. The Morgan fingerprint density at radius 2 is 1.64 bits per heavy atom. The molecule has 2 aliphatic heterocycles. The van der Waals surface area contributed by atoms with Crippen molar-refractivity contribution in [3.8, 4) is 0 Å². The van der Waals surface area contributed by atoms with E-state index < -0.39 is 0 Å². The van der Waals surface area contributed by atoms with E-state index in [4.69, 9.17) is 4.74 Å². The van der Waals surface area contributed by atoms with Crippen LogP contribution in [0.25, 0.3) is 0 Å². The number of nitrogens with zero attached hydrogens (tertiary/aromatic N) is 2. The Labute approximate surface area is 170 Å². The molecule has 3 nitrogen and oxygen atoms in total. The van der Waals surface area contributed by atoms with Crippen molar-refractivity contribution < 1.29 is 4.74 Å². The van der Waals surface area contributed by atoms with Crippen LogP contribution in [-0.2, 0) is 10.3 Å². The minimum absolute atomic E-state index is 0.125. The minimum atomic E-state index is -0.125. The van der Waals surface area contributed by atoms with Gasteiger partial charge < -0.3 is 14.5 Å². The van der Waals surface area contributed by atoms with Crippen molar-refractivity contribution in [2.24, 2.45) is 0 Å². The number of likely N-dealkylation sites (tertiary alicyclic amines) is 1. The molecule has 2 aromatic rings. The van der Waals surface area contributed by atoms with Gasteiger partial charge in [-0.25, -0.2) is 0 Å². The smallest absolute Gasteiger partial charge is 0.0964 e. The Morgan fingerprint density at radius 1 is 0.929 bits per heavy atom. The number of likely N-dealkylation sites (N-methyl/N-ethyl adjacent to an activating group) is 1. The maximum Gasteiger partial charge on any atom is 0.0964 e. The van der Waals surface area contributed by atoms with E-state index in [1.165, 1.54) is 42.9 Å². The Bertz CT molecular complexity index is 735. The molecule has 2 heterocycles. The van der Waals surface area contributed by atoms with Crippen LogP contribution < -0.4 is 4.90 Å². The average molecular weight is 379 g/mol. The number of hydrogen-bond donors (Lipinski definition) is 0. The number of piperidine rings is 1. The second-order valence-corrected chi connectivity index (χ2v) is 8.25. The summed E-state index contributed by atoms with van der Waals surface area (Å²) < 4.78 is 6.32. The molecule has 150 valence electrons. The zero-order chi connectivity index (χ0) is 19.4. The Hall–Kier alpha value is -1.84. The predicted molar refractivity (Wildman–Crippen MR) is 117 cm³/mol. The van der Waals surface area contributed by atoms with E-state index in [2.05, 4.69) is 78.2 Å². The molecule has 0 spiro atoms. The van der Waals surface area contributed by atoms with Crippen LogP contribution in [0.4, 0.5) is 5.69 Å². The predicted octanol–water partition coefficient (Wildman–Crippen LogP) is 5.03. The number of benzene rings is 2. The maximum atomic E-state index is 6.32. The normalized spacial score (nSPS) is 22.5. The van der Waals surface area contributed by atoms with Gasteiger partial charge in [-0.1, -0.05) is 49.4 Å². The first kappa shape index (κ1) is 19.5. The highest BCUT2D eigenvalue weighted by atomic mass is 16.5. The first-order chi connectivity index (χ1) is 13.7. The quantitative estimate of drug-likeness (QED) is 0.701. The SMILES string of the molecule is CCOC1(c2ccccc2)CCN(c2ccc(C3CCN(CC)C3)cc2)CC1. The number of rotatable bonds is 6. The number of anilines is 1. The van der Waals surface area contributed by atoms with Crippen LogP contribution in [0.15, 0.2) is 54.6 Å². The van der Waals surface area contributed by atoms with Crippen molar-refractivity contribution in [2.75, 3.05) is 44.2 Å². The van der Waals surface area contributed by atoms with Crippen LogP contribution in [0.3, 0.4) is 0 Å². The molecule has 2 fully saturated rings. The summed E-state index contributed by atoms with van der Waals surface area (Å²) in [6.07, 6.45) is 3.38. The molecule has 28 heavy (non-hydrogen) atoms. The molecule has 0 radical (unpaired) electrons. The molecule has 0 aliphatic carbocycles. The molecule has 0 N–H and O–H groups in total. The van der Waals surface area contributed by atoms with Gasteiger partial charge in [0.1, 0.15) is 0 Å². The monoisotopic (exact) mass is 378 g/mol. The zero-order valence-corrected chi connectivity index (χ0v) is 17.4. The fraction of sp³-hybridized carbons (Fsp3) is 0.520. The fourth-order valence-corrected chi connectivity index (χ4v) is 5.01. The van der Waals surface area contributed by atoms with Crippen molar-refractivity contribution in [3.63, 3.8) is 0 Å². The summed E-state index contributed by atoms with van der Waals surface area (Å²) in [4.78, 5) is 5.08. The van der Waals surface area contributed by atoms with Gasteiger partial charge in [0.05, 0.1) is 5.60 Å². The topological polar surface area (TPSA) is 15.7 Å². The van der Waals surface area contributed by atoms with Crippen LogP contribution in [0.2, 0.25) is 0 Å². The summed E-state index contributed by atoms with van der Waals surface area (Å²) in [5, 5.41) is 0. The highest BCUT2D eigenvalue weighted by Crippen LogP contribution is 2.38.